The van der Waals surface area contributed by atoms with Crippen LogP contribution < -0.4 is 0 Å². The fourth-order valence-corrected chi connectivity index (χ4v) is 0.922. The number of esters is 1. The molecule has 1 rings (SSSR count). The molecule has 2 atom stereocenters. The Balaban J connectivity index is 0.000000921. The third kappa shape index (κ3) is 4.67. The van der Waals surface area contributed by atoms with E-state index in [2.05, 4.69) is 4.74 Å². The van der Waals surface area contributed by atoms with Gasteiger partial charge in [-0.3, -0.25) is 4.79 Å². The molecule has 15 heavy (non-hydrogen) atoms. The molecule has 1 fully saturated rings. The molecule has 1 saturated heterocycles. The highest BCUT2D eigenvalue weighted by atomic mass is 16.8. The summed E-state index contributed by atoms with van der Waals surface area (Å²) >= 11 is 0. The zero-order valence-electron chi connectivity index (χ0n) is 9.61. The van der Waals surface area contributed by atoms with Crippen LogP contribution in [-0.2, 0) is 19.0 Å². The minimum atomic E-state index is -0.704. The second-order valence-electron chi connectivity index (χ2n) is 2.77. The molecule has 1 aliphatic rings. The van der Waals surface area contributed by atoms with Crippen LogP contribution in [0.2, 0.25) is 0 Å². The van der Waals surface area contributed by atoms with E-state index in [1.54, 1.807) is 13.8 Å². The number of hydrogen-bond acceptors (Lipinski definition) is 5. The van der Waals surface area contributed by atoms with Crippen molar-refractivity contribution in [1.29, 1.82) is 0 Å². The van der Waals surface area contributed by atoms with Gasteiger partial charge in [0, 0.05) is 6.42 Å². The molecule has 5 nitrogen and oxygen atoms in total. The van der Waals surface area contributed by atoms with Crippen molar-refractivity contribution in [2.24, 2.45) is 0 Å². The predicted molar refractivity (Wildman–Crippen MR) is 53.4 cm³/mol. The van der Waals surface area contributed by atoms with Crippen molar-refractivity contribution in [3.63, 3.8) is 0 Å². The molecule has 0 saturated carbocycles. The molecule has 88 valence electrons. The SMILES string of the molecule is CC.CCC(=O)OCC1OC(=O)OC1C. The van der Waals surface area contributed by atoms with E-state index >= 15 is 0 Å². The lowest BCUT2D eigenvalue weighted by Crippen LogP contribution is -2.26. The zero-order chi connectivity index (χ0) is 11.8. The summed E-state index contributed by atoms with van der Waals surface area (Å²) in [6, 6.07) is 0. The summed E-state index contributed by atoms with van der Waals surface area (Å²) in [5, 5.41) is 0. The van der Waals surface area contributed by atoms with Gasteiger partial charge in [-0.15, -0.1) is 0 Å². The summed E-state index contributed by atoms with van der Waals surface area (Å²) < 4.78 is 14.2. The van der Waals surface area contributed by atoms with Crippen molar-refractivity contribution in [2.75, 3.05) is 6.61 Å². The van der Waals surface area contributed by atoms with E-state index in [1.807, 2.05) is 13.8 Å². The lowest BCUT2D eigenvalue weighted by Gasteiger charge is -2.10. The predicted octanol–water partition coefficient (Wildman–Crippen LogP) is 1.89. The molecule has 2 unspecified atom stereocenters. The zero-order valence-corrected chi connectivity index (χ0v) is 9.61. The monoisotopic (exact) mass is 218 g/mol. The molecular weight excluding hydrogens is 200 g/mol. The molecule has 0 aromatic heterocycles. The van der Waals surface area contributed by atoms with Crippen LogP contribution in [0, 0.1) is 0 Å². The summed E-state index contributed by atoms with van der Waals surface area (Å²) in [4.78, 5) is 21.3. The summed E-state index contributed by atoms with van der Waals surface area (Å²) in [7, 11) is 0. The van der Waals surface area contributed by atoms with Crippen molar-refractivity contribution < 1.29 is 23.8 Å². The summed E-state index contributed by atoms with van der Waals surface area (Å²) in [6.45, 7) is 7.46. The second-order valence-corrected chi connectivity index (χ2v) is 2.77. The van der Waals surface area contributed by atoms with Crippen molar-refractivity contribution >= 4 is 12.1 Å². The largest absolute Gasteiger partial charge is 0.509 e. The standard InChI is InChI=1S/C8H12O5.C2H6/c1-3-7(9)11-4-6-5(2)12-8(10)13-6;1-2/h5-6H,3-4H2,1-2H3;1-2H3. The smallest absolute Gasteiger partial charge is 0.462 e. The second kappa shape index (κ2) is 7.09. The van der Waals surface area contributed by atoms with Crippen LogP contribution in [0.4, 0.5) is 4.79 Å². The van der Waals surface area contributed by atoms with E-state index < -0.39 is 12.3 Å². The molecule has 0 amide bonds. The molecule has 0 aromatic rings. The van der Waals surface area contributed by atoms with Gasteiger partial charge in [-0.2, -0.15) is 0 Å². The lowest BCUT2D eigenvalue weighted by atomic mass is 10.2. The first-order valence-electron chi connectivity index (χ1n) is 5.16. The Bertz CT molecular complexity index is 214. The van der Waals surface area contributed by atoms with E-state index in [-0.39, 0.29) is 18.7 Å². The first-order valence-corrected chi connectivity index (χ1v) is 5.16. The first-order chi connectivity index (χ1) is 7.13. The highest BCUT2D eigenvalue weighted by Crippen LogP contribution is 2.14. The highest BCUT2D eigenvalue weighted by molar-refractivity contribution is 5.69. The van der Waals surface area contributed by atoms with Crippen molar-refractivity contribution in [2.45, 2.75) is 46.3 Å². The van der Waals surface area contributed by atoms with Crippen LogP contribution in [0.25, 0.3) is 0 Å². The quantitative estimate of drug-likeness (QED) is 0.677. The van der Waals surface area contributed by atoms with Gasteiger partial charge in [0.25, 0.3) is 0 Å². The van der Waals surface area contributed by atoms with Crippen molar-refractivity contribution in [3.8, 4) is 0 Å². The van der Waals surface area contributed by atoms with E-state index in [0.29, 0.717) is 6.42 Å². The molecular formula is C10H18O5. The van der Waals surface area contributed by atoms with E-state index in [0.717, 1.165) is 0 Å². The number of hydrogen-bond donors (Lipinski definition) is 0. The van der Waals surface area contributed by atoms with Gasteiger partial charge in [0.05, 0.1) is 0 Å². The summed E-state index contributed by atoms with van der Waals surface area (Å²) in [5.74, 6) is -0.310. The Morgan fingerprint density at radius 2 is 2.00 bits per heavy atom. The van der Waals surface area contributed by atoms with Gasteiger partial charge in [0.15, 0.2) is 6.10 Å². The van der Waals surface area contributed by atoms with Crippen LogP contribution in [0.5, 0.6) is 0 Å². The molecule has 0 spiro atoms. The fourth-order valence-electron chi connectivity index (χ4n) is 0.922. The number of carbonyl (C=O) groups is 2. The average Bonchev–Trinajstić information content (AvgIpc) is 2.57. The van der Waals surface area contributed by atoms with Gasteiger partial charge in [0.1, 0.15) is 12.7 Å². The van der Waals surface area contributed by atoms with Gasteiger partial charge in [-0.05, 0) is 6.92 Å². The number of rotatable bonds is 3. The third-order valence-electron chi connectivity index (χ3n) is 1.75. The molecule has 1 aliphatic heterocycles. The first kappa shape index (κ1) is 13.7. The normalized spacial score (nSPS) is 23.3. The van der Waals surface area contributed by atoms with Crippen LogP contribution in [-0.4, -0.2) is 30.9 Å². The highest BCUT2D eigenvalue weighted by Gasteiger charge is 2.33. The minimum absolute atomic E-state index is 0.0690. The molecule has 0 radical (unpaired) electrons. The maximum Gasteiger partial charge on any atom is 0.509 e. The average molecular weight is 218 g/mol. The maximum atomic E-state index is 10.8. The van der Waals surface area contributed by atoms with Crippen LogP contribution in [0.1, 0.15) is 34.1 Å². The maximum absolute atomic E-state index is 10.8. The van der Waals surface area contributed by atoms with Gasteiger partial charge < -0.3 is 14.2 Å². The molecule has 5 heteroatoms. The lowest BCUT2D eigenvalue weighted by molar-refractivity contribution is -0.146. The Kier molecular flexibility index (Phi) is 6.49. The van der Waals surface area contributed by atoms with Gasteiger partial charge in [-0.25, -0.2) is 4.79 Å². The van der Waals surface area contributed by atoms with Crippen LogP contribution >= 0.6 is 0 Å². The van der Waals surface area contributed by atoms with Gasteiger partial charge >= 0.3 is 12.1 Å². The van der Waals surface area contributed by atoms with Gasteiger partial charge in [-0.1, -0.05) is 20.8 Å². The van der Waals surface area contributed by atoms with Crippen LogP contribution in [0.3, 0.4) is 0 Å². The Morgan fingerprint density at radius 1 is 1.40 bits per heavy atom. The van der Waals surface area contributed by atoms with Crippen molar-refractivity contribution in [3.05, 3.63) is 0 Å². The Morgan fingerprint density at radius 3 is 2.40 bits per heavy atom. The minimum Gasteiger partial charge on any atom is -0.462 e. The fraction of sp³-hybridized carbons (Fsp3) is 0.800. The molecule has 0 aromatic carbocycles. The topological polar surface area (TPSA) is 61.8 Å². The number of carbonyl (C=O) groups excluding carboxylic acids is 2. The van der Waals surface area contributed by atoms with Crippen LogP contribution in [0.15, 0.2) is 0 Å². The Hall–Kier alpha value is -1.26. The molecule has 0 N–H and O–H groups in total. The number of cyclic esters (lactones) is 2. The number of ether oxygens (including phenoxy) is 3. The Labute approximate surface area is 89.7 Å². The summed E-state index contributed by atoms with van der Waals surface area (Å²) in [6.07, 6.45) is -1.21. The van der Waals surface area contributed by atoms with Crippen molar-refractivity contribution in [1.82, 2.24) is 0 Å². The third-order valence-corrected chi connectivity index (χ3v) is 1.75. The van der Waals surface area contributed by atoms with E-state index in [1.165, 1.54) is 0 Å². The van der Waals surface area contributed by atoms with Gasteiger partial charge in [0.2, 0.25) is 0 Å². The van der Waals surface area contributed by atoms with E-state index in [4.69, 9.17) is 9.47 Å². The molecule has 1 heterocycles. The molecule has 0 bridgehead atoms. The summed E-state index contributed by atoms with van der Waals surface area (Å²) in [5.41, 5.74) is 0. The molecule has 0 aliphatic carbocycles. The van der Waals surface area contributed by atoms with E-state index in [9.17, 15) is 9.59 Å².